The Kier molecular flexibility index (Phi) is 10.2. The van der Waals surface area contributed by atoms with Gasteiger partial charge in [-0.25, -0.2) is 0 Å². The van der Waals surface area contributed by atoms with Gasteiger partial charge in [0.15, 0.2) is 5.75 Å². The van der Waals surface area contributed by atoms with Crippen LogP contribution in [0.25, 0.3) is 0 Å². The van der Waals surface area contributed by atoms with Gasteiger partial charge in [0.05, 0.1) is 11.6 Å². The Bertz CT molecular complexity index is 588. The van der Waals surface area contributed by atoms with E-state index in [4.69, 9.17) is 44.3 Å². The molecule has 0 amide bonds. The van der Waals surface area contributed by atoms with Gasteiger partial charge in [0.2, 0.25) is 0 Å². The van der Waals surface area contributed by atoms with Crippen molar-refractivity contribution >= 4 is 46.7 Å². The van der Waals surface area contributed by atoms with Gasteiger partial charge in [-0.3, -0.25) is 9.59 Å². The molecular weight excluding hydrogens is 387 g/mol. The Hall–Kier alpha value is -0.970. The summed E-state index contributed by atoms with van der Waals surface area (Å²) in [4.78, 5) is 23.4. The molecule has 0 bridgehead atoms. The molecule has 4 nitrogen and oxygen atoms in total. The molecule has 0 aliphatic rings. The molecule has 25 heavy (non-hydrogen) atoms. The van der Waals surface area contributed by atoms with Crippen molar-refractivity contribution in [3.05, 3.63) is 27.2 Å². The lowest BCUT2D eigenvalue weighted by Crippen LogP contribution is -2.09. The van der Waals surface area contributed by atoms with Gasteiger partial charge in [0.25, 0.3) is 0 Å². The van der Waals surface area contributed by atoms with Gasteiger partial charge in [0.1, 0.15) is 5.02 Å². The predicted octanol–water partition coefficient (Wildman–Crippen LogP) is 6.09. The van der Waals surface area contributed by atoms with Crippen molar-refractivity contribution in [3.63, 3.8) is 0 Å². The first-order valence-corrected chi connectivity index (χ1v) is 9.43. The molecule has 7 heteroatoms. The van der Waals surface area contributed by atoms with Crippen molar-refractivity contribution in [2.24, 2.45) is 5.92 Å². The van der Waals surface area contributed by atoms with Crippen LogP contribution in [0.3, 0.4) is 0 Å². The minimum absolute atomic E-state index is 0.133. The average Bonchev–Trinajstić information content (AvgIpc) is 2.52. The number of unbranched alkanes of at least 4 members (excludes halogenated alkanes) is 1. The summed E-state index contributed by atoms with van der Waals surface area (Å²) < 4.78 is 10.3. The normalized spacial score (nSPS) is 10.8. The first-order chi connectivity index (χ1) is 11.8. The van der Waals surface area contributed by atoms with Crippen molar-refractivity contribution < 1.29 is 19.1 Å². The molecule has 0 radical (unpaired) electrons. The van der Waals surface area contributed by atoms with Gasteiger partial charge in [-0.1, -0.05) is 48.7 Å². The summed E-state index contributed by atoms with van der Waals surface area (Å²) in [6, 6.07) is 2.90. The SMILES string of the molecule is CC(C)CCCOC(=O)CCCCC(=O)Oc1cc(Cl)cc(Cl)c1Cl. The number of esters is 2. The highest BCUT2D eigenvalue weighted by Crippen LogP contribution is 2.35. The van der Waals surface area contributed by atoms with E-state index in [9.17, 15) is 9.59 Å². The maximum atomic E-state index is 11.8. The summed E-state index contributed by atoms with van der Waals surface area (Å²) in [5.41, 5.74) is 0. The second-order valence-corrected chi connectivity index (χ2v) is 7.36. The number of halogens is 3. The van der Waals surface area contributed by atoms with Crippen molar-refractivity contribution in [1.82, 2.24) is 0 Å². The van der Waals surface area contributed by atoms with E-state index in [1.807, 2.05) is 0 Å². The van der Waals surface area contributed by atoms with E-state index < -0.39 is 5.97 Å². The first kappa shape index (κ1) is 22.1. The van der Waals surface area contributed by atoms with Gasteiger partial charge >= 0.3 is 11.9 Å². The largest absolute Gasteiger partial charge is 0.466 e. The maximum Gasteiger partial charge on any atom is 0.311 e. The maximum absolute atomic E-state index is 11.8. The van der Waals surface area contributed by atoms with Crippen LogP contribution in [-0.2, 0) is 14.3 Å². The molecule has 0 saturated carbocycles. The van der Waals surface area contributed by atoms with E-state index in [1.165, 1.54) is 12.1 Å². The summed E-state index contributed by atoms with van der Waals surface area (Å²) in [5.74, 6) is 0.0497. The minimum atomic E-state index is -0.453. The zero-order valence-electron chi connectivity index (χ0n) is 14.4. The molecule has 0 aliphatic carbocycles. The Morgan fingerprint density at radius 3 is 2.28 bits per heavy atom. The number of hydrogen-bond donors (Lipinski definition) is 0. The van der Waals surface area contributed by atoms with Crippen molar-refractivity contribution in [2.45, 2.75) is 52.4 Å². The standard InChI is InChI=1S/C18H23Cl3O4/c1-12(2)6-5-9-24-16(22)7-3-4-8-17(23)25-15-11-13(19)10-14(20)18(15)21/h10-12H,3-9H2,1-2H3. The van der Waals surface area contributed by atoms with E-state index in [1.54, 1.807) is 0 Å². The molecule has 1 rings (SSSR count). The topological polar surface area (TPSA) is 52.6 Å². The molecule has 140 valence electrons. The number of carbonyl (C=O) groups is 2. The van der Waals surface area contributed by atoms with Crippen LogP contribution in [0.1, 0.15) is 52.4 Å². The smallest absolute Gasteiger partial charge is 0.311 e. The zero-order valence-corrected chi connectivity index (χ0v) is 16.7. The van der Waals surface area contributed by atoms with Crippen LogP contribution in [0.2, 0.25) is 15.1 Å². The van der Waals surface area contributed by atoms with Crippen LogP contribution in [0, 0.1) is 5.92 Å². The molecule has 0 heterocycles. The Labute approximate surface area is 163 Å². The fraction of sp³-hybridized carbons (Fsp3) is 0.556. The fourth-order valence-corrected chi connectivity index (χ4v) is 2.69. The Morgan fingerprint density at radius 1 is 1.00 bits per heavy atom. The van der Waals surface area contributed by atoms with Crippen LogP contribution >= 0.6 is 34.8 Å². The lowest BCUT2D eigenvalue weighted by Gasteiger charge is -2.08. The lowest BCUT2D eigenvalue weighted by atomic mass is 10.1. The molecule has 0 unspecified atom stereocenters. The lowest BCUT2D eigenvalue weighted by molar-refractivity contribution is -0.144. The summed E-state index contributed by atoms with van der Waals surface area (Å²) in [6.07, 6.45) is 3.45. The third-order valence-electron chi connectivity index (χ3n) is 3.38. The van der Waals surface area contributed by atoms with Gasteiger partial charge in [-0.15, -0.1) is 0 Å². The number of benzene rings is 1. The Morgan fingerprint density at radius 2 is 1.64 bits per heavy atom. The van der Waals surface area contributed by atoms with Gasteiger partial charge in [-0.05, 0) is 37.7 Å². The molecule has 1 aromatic rings. The number of ether oxygens (including phenoxy) is 2. The second kappa shape index (κ2) is 11.6. The molecule has 0 spiro atoms. The van der Waals surface area contributed by atoms with Crippen LogP contribution < -0.4 is 4.74 Å². The number of rotatable bonds is 10. The molecule has 0 aliphatic heterocycles. The van der Waals surface area contributed by atoms with Crippen molar-refractivity contribution in [1.29, 1.82) is 0 Å². The van der Waals surface area contributed by atoms with E-state index in [0.717, 1.165) is 12.8 Å². The van der Waals surface area contributed by atoms with Gasteiger partial charge < -0.3 is 9.47 Å². The van der Waals surface area contributed by atoms with Crippen molar-refractivity contribution in [2.75, 3.05) is 6.61 Å². The fourth-order valence-electron chi connectivity index (χ4n) is 2.07. The highest BCUT2D eigenvalue weighted by molar-refractivity contribution is 6.44. The quantitative estimate of drug-likeness (QED) is 0.203. The third kappa shape index (κ3) is 9.34. The molecule has 0 saturated heterocycles. The number of carbonyl (C=O) groups excluding carboxylic acids is 2. The zero-order chi connectivity index (χ0) is 18.8. The van der Waals surface area contributed by atoms with E-state index in [0.29, 0.717) is 36.8 Å². The van der Waals surface area contributed by atoms with Crippen LogP contribution in [0.15, 0.2) is 12.1 Å². The first-order valence-electron chi connectivity index (χ1n) is 8.30. The molecule has 1 aromatic carbocycles. The summed E-state index contributed by atoms with van der Waals surface area (Å²) in [6.45, 7) is 4.71. The molecule has 0 fully saturated rings. The molecular formula is C18H23Cl3O4. The van der Waals surface area contributed by atoms with Crippen molar-refractivity contribution in [3.8, 4) is 5.75 Å². The average molecular weight is 410 g/mol. The molecule has 0 atom stereocenters. The van der Waals surface area contributed by atoms with Crippen LogP contribution in [-0.4, -0.2) is 18.5 Å². The van der Waals surface area contributed by atoms with Gasteiger partial charge in [0, 0.05) is 23.9 Å². The Balaban J connectivity index is 2.22. The van der Waals surface area contributed by atoms with Gasteiger partial charge in [-0.2, -0.15) is 0 Å². The second-order valence-electron chi connectivity index (χ2n) is 6.14. The monoisotopic (exact) mass is 408 g/mol. The summed E-state index contributed by atoms with van der Waals surface area (Å²) in [5, 5.41) is 0.694. The highest BCUT2D eigenvalue weighted by atomic mass is 35.5. The molecule has 0 aromatic heterocycles. The third-order valence-corrected chi connectivity index (χ3v) is 4.39. The number of hydrogen-bond acceptors (Lipinski definition) is 4. The van der Waals surface area contributed by atoms with E-state index in [2.05, 4.69) is 13.8 Å². The minimum Gasteiger partial charge on any atom is -0.466 e. The van der Waals surface area contributed by atoms with E-state index >= 15 is 0 Å². The summed E-state index contributed by atoms with van der Waals surface area (Å²) >= 11 is 17.7. The highest BCUT2D eigenvalue weighted by Gasteiger charge is 2.13. The summed E-state index contributed by atoms with van der Waals surface area (Å²) in [7, 11) is 0. The molecule has 0 N–H and O–H groups in total. The van der Waals surface area contributed by atoms with Crippen LogP contribution in [0.4, 0.5) is 0 Å². The predicted molar refractivity (Wildman–Crippen MR) is 101 cm³/mol. The van der Waals surface area contributed by atoms with Crippen LogP contribution in [0.5, 0.6) is 5.75 Å². The van der Waals surface area contributed by atoms with E-state index in [-0.39, 0.29) is 28.2 Å².